The standard InChI is InChI=1S/C14H11NO/c1-9-6-7-13(16)14-11(9)8-10-4-2-3-5-12(10)15-14/h2-8,16H,1H3. The molecule has 0 radical (unpaired) electrons. The summed E-state index contributed by atoms with van der Waals surface area (Å²) < 4.78 is 0. The summed E-state index contributed by atoms with van der Waals surface area (Å²) in [5.74, 6) is 0.242. The second kappa shape index (κ2) is 3.20. The number of benzene rings is 2. The summed E-state index contributed by atoms with van der Waals surface area (Å²) in [6.07, 6.45) is 0. The lowest BCUT2D eigenvalue weighted by Gasteiger charge is -2.05. The van der Waals surface area contributed by atoms with E-state index in [0.29, 0.717) is 5.52 Å². The molecule has 2 aromatic carbocycles. The summed E-state index contributed by atoms with van der Waals surface area (Å²) in [5.41, 5.74) is 2.72. The van der Waals surface area contributed by atoms with Crippen molar-refractivity contribution in [2.45, 2.75) is 6.92 Å². The lowest BCUT2D eigenvalue weighted by atomic mass is 10.1. The van der Waals surface area contributed by atoms with E-state index >= 15 is 0 Å². The highest BCUT2D eigenvalue weighted by atomic mass is 16.3. The number of hydrogen-bond donors (Lipinski definition) is 1. The van der Waals surface area contributed by atoms with Crippen LogP contribution in [-0.2, 0) is 0 Å². The van der Waals surface area contributed by atoms with Gasteiger partial charge >= 0.3 is 0 Å². The molecule has 0 atom stereocenters. The van der Waals surface area contributed by atoms with Gasteiger partial charge in [0.2, 0.25) is 0 Å². The fourth-order valence-corrected chi connectivity index (χ4v) is 1.98. The van der Waals surface area contributed by atoms with Gasteiger partial charge in [-0.25, -0.2) is 4.98 Å². The van der Waals surface area contributed by atoms with Crippen molar-refractivity contribution in [2.24, 2.45) is 0 Å². The average molecular weight is 209 g/mol. The molecule has 0 amide bonds. The lowest BCUT2D eigenvalue weighted by Crippen LogP contribution is -1.85. The Morgan fingerprint density at radius 2 is 1.88 bits per heavy atom. The third-order valence-corrected chi connectivity index (χ3v) is 2.88. The quantitative estimate of drug-likeness (QED) is 0.575. The maximum Gasteiger partial charge on any atom is 0.141 e. The van der Waals surface area contributed by atoms with Gasteiger partial charge in [-0.15, -0.1) is 0 Å². The van der Waals surface area contributed by atoms with Gasteiger partial charge in [-0.2, -0.15) is 0 Å². The summed E-state index contributed by atoms with van der Waals surface area (Å²) in [4.78, 5) is 4.49. The van der Waals surface area contributed by atoms with Gasteiger partial charge in [0.25, 0.3) is 0 Å². The van der Waals surface area contributed by atoms with Crippen molar-refractivity contribution in [1.82, 2.24) is 4.98 Å². The lowest BCUT2D eigenvalue weighted by molar-refractivity contribution is 0.480. The summed E-state index contributed by atoms with van der Waals surface area (Å²) >= 11 is 0. The van der Waals surface area contributed by atoms with Crippen molar-refractivity contribution in [2.75, 3.05) is 0 Å². The maximum absolute atomic E-state index is 9.79. The number of aryl methyl sites for hydroxylation is 1. The predicted octanol–water partition coefficient (Wildman–Crippen LogP) is 3.40. The first-order chi connectivity index (χ1) is 7.75. The van der Waals surface area contributed by atoms with E-state index in [1.54, 1.807) is 6.07 Å². The number of nitrogens with zero attached hydrogens (tertiary/aromatic N) is 1. The number of aromatic hydroxyl groups is 1. The van der Waals surface area contributed by atoms with Gasteiger partial charge < -0.3 is 5.11 Å². The Morgan fingerprint density at radius 3 is 2.75 bits per heavy atom. The predicted molar refractivity (Wildman–Crippen MR) is 65.7 cm³/mol. The zero-order valence-corrected chi connectivity index (χ0v) is 8.94. The van der Waals surface area contributed by atoms with E-state index in [4.69, 9.17) is 0 Å². The Hall–Kier alpha value is -2.09. The second-order valence-corrected chi connectivity index (χ2v) is 3.98. The van der Waals surface area contributed by atoms with Gasteiger partial charge in [-0.3, -0.25) is 0 Å². The van der Waals surface area contributed by atoms with Crippen molar-refractivity contribution in [3.05, 3.63) is 48.0 Å². The molecule has 78 valence electrons. The molecular formula is C14H11NO. The molecule has 2 nitrogen and oxygen atoms in total. The van der Waals surface area contributed by atoms with Crippen molar-refractivity contribution in [3.8, 4) is 5.75 Å². The molecule has 2 heteroatoms. The SMILES string of the molecule is Cc1ccc(O)c2nc3ccccc3cc12. The minimum absolute atomic E-state index is 0.242. The fourth-order valence-electron chi connectivity index (χ4n) is 1.98. The smallest absolute Gasteiger partial charge is 0.141 e. The van der Waals surface area contributed by atoms with Gasteiger partial charge in [0.15, 0.2) is 0 Å². The molecule has 3 rings (SSSR count). The van der Waals surface area contributed by atoms with Gasteiger partial charge in [-0.1, -0.05) is 24.3 Å². The number of hydrogen-bond acceptors (Lipinski definition) is 2. The summed E-state index contributed by atoms with van der Waals surface area (Å²) in [6.45, 7) is 2.03. The number of phenolic OH excluding ortho intramolecular Hbond substituents is 1. The molecule has 0 saturated carbocycles. The van der Waals surface area contributed by atoms with Crippen LogP contribution in [0.15, 0.2) is 42.5 Å². The minimum Gasteiger partial charge on any atom is -0.506 e. The normalized spacial score (nSPS) is 11.1. The first-order valence-electron chi connectivity index (χ1n) is 5.24. The van der Waals surface area contributed by atoms with Crippen LogP contribution in [0.25, 0.3) is 21.8 Å². The fraction of sp³-hybridized carbons (Fsp3) is 0.0714. The number of para-hydroxylation sites is 1. The number of aromatic nitrogens is 1. The van der Waals surface area contributed by atoms with Crippen LogP contribution in [0.4, 0.5) is 0 Å². The molecule has 0 unspecified atom stereocenters. The molecular weight excluding hydrogens is 198 g/mol. The van der Waals surface area contributed by atoms with Crippen molar-refractivity contribution in [3.63, 3.8) is 0 Å². The monoisotopic (exact) mass is 209 g/mol. The average Bonchev–Trinajstić information content (AvgIpc) is 2.32. The second-order valence-electron chi connectivity index (χ2n) is 3.98. The highest BCUT2D eigenvalue weighted by Gasteiger charge is 2.05. The Balaban J connectivity index is 2.56. The highest BCUT2D eigenvalue weighted by molar-refractivity contribution is 5.96. The van der Waals surface area contributed by atoms with E-state index in [-0.39, 0.29) is 5.75 Å². The number of phenols is 1. The third-order valence-electron chi connectivity index (χ3n) is 2.88. The topological polar surface area (TPSA) is 33.1 Å². The van der Waals surface area contributed by atoms with Gasteiger partial charge in [0.05, 0.1) is 5.52 Å². The highest BCUT2D eigenvalue weighted by Crippen LogP contribution is 2.28. The van der Waals surface area contributed by atoms with E-state index in [0.717, 1.165) is 21.9 Å². The van der Waals surface area contributed by atoms with Gasteiger partial charge in [-0.05, 0) is 30.7 Å². The first kappa shape index (κ1) is 9.16. The molecule has 1 aromatic heterocycles. The van der Waals surface area contributed by atoms with Crippen LogP contribution in [0.2, 0.25) is 0 Å². The summed E-state index contributed by atoms with van der Waals surface area (Å²) in [5, 5.41) is 11.9. The molecule has 0 aliphatic carbocycles. The first-order valence-corrected chi connectivity index (χ1v) is 5.24. The van der Waals surface area contributed by atoms with Crippen molar-refractivity contribution >= 4 is 21.8 Å². The van der Waals surface area contributed by atoms with E-state index in [1.807, 2.05) is 37.3 Å². The van der Waals surface area contributed by atoms with E-state index < -0.39 is 0 Å². The van der Waals surface area contributed by atoms with Crippen LogP contribution in [0.5, 0.6) is 5.75 Å². The van der Waals surface area contributed by atoms with E-state index in [2.05, 4.69) is 11.1 Å². The molecule has 0 aliphatic rings. The summed E-state index contributed by atoms with van der Waals surface area (Å²) in [6, 6.07) is 13.6. The Bertz CT molecular complexity index is 629. The summed E-state index contributed by atoms with van der Waals surface area (Å²) in [7, 11) is 0. The molecule has 0 bridgehead atoms. The Kier molecular flexibility index (Phi) is 1.83. The number of pyridine rings is 1. The van der Waals surface area contributed by atoms with E-state index in [9.17, 15) is 5.11 Å². The molecule has 0 fully saturated rings. The number of fused-ring (bicyclic) bond motifs is 2. The number of rotatable bonds is 0. The van der Waals surface area contributed by atoms with Crippen LogP contribution >= 0.6 is 0 Å². The maximum atomic E-state index is 9.79. The van der Waals surface area contributed by atoms with Crippen LogP contribution in [0.3, 0.4) is 0 Å². The third kappa shape index (κ3) is 1.23. The van der Waals surface area contributed by atoms with Gasteiger partial charge in [0, 0.05) is 10.8 Å². The van der Waals surface area contributed by atoms with Crippen LogP contribution in [0.1, 0.15) is 5.56 Å². The molecule has 3 aromatic rings. The van der Waals surface area contributed by atoms with Crippen LogP contribution < -0.4 is 0 Å². The molecule has 16 heavy (non-hydrogen) atoms. The van der Waals surface area contributed by atoms with Crippen molar-refractivity contribution in [1.29, 1.82) is 0 Å². The van der Waals surface area contributed by atoms with E-state index in [1.165, 1.54) is 0 Å². The largest absolute Gasteiger partial charge is 0.506 e. The zero-order chi connectivity index (χ0) is 11.1. The van der Waals surface area contributed by atoms with Crippen LogP contribution in [0, 0.1) is 6.92 Å². The molecule has 0 aliphatic heterocycles. The Labute approximate surface area is 93.2 Å². The molecule has 1 heterocycles. The zero-order valence-electron chi connectivity index (χ0n) is 8.94. The molecule has 0 spiro atoms. The molecule has 1 N–H and O–H groups in total. The van der Waals surface area contributed by atoms with Gasteiger partial charge in [0.1, 0.15) is 11.3 Å². The Morgan fingerprint density at radius 1 is 1.06 bits per heavy atom. The molecule has 0 saturated heterocycles. The van der Waals surface area contributed by atoms with Crippen LogP contribution in [-0.4, -0.2) is 10.1 Å². The minimum atomic E-state index is 0.242. The van der Waals surface area contributed by atoms with Crippen molar-refractivity contribution < 1.29 is 5.11 Å².